The van der Waals surface area contributed by atoms with E-state index in [-0.39, 0.29) is 10.8 Å². The Morgan fingerprint density at radius 3 is 2.45 bits per heavy atom. The van der Waals surface area contributed by atoms with Gasteiger partial charge in [0.15, 0.2) is 0 Å². The number of hydrogen-bond acceptors (Lipinski definition) is 3. The van der Waals surface area contributed by atoms with Crippen LogP contribution in [-0.4, -0.2) is 9.97 Å². The van der Waals surface area contributed by atoms with Gasteiger partial charge in [0, 0.05) is 16.5 Å². The van der Waals surface area contributed by atoms with Crippen LogP contribution >= 0.6 is 0 Å². The Labute approximate surface area is 132 Å². The maximum absolute atomic E-state index is 6.06. The van der Waals surface area contributed by atoms with Gasteiger partial charge in [0.05, 0.1) is 11.4 Å². The van der Waals surface area contributed by atoms with E-state index in [0.29, 0.717) is 11.9 Å². The molecule has 2 atom stereocenters. The summed E-state index contributed by atoms with van der Waals surface area (Å²) in [5.41, 5.74) is 12.4. The van der Waals surface area contributed by atoms with Crippen LogP contribution in [0.15, 0.2) is 24.3 Å². The molecule has 0 spiro atoms. The zero-order valence-corrected chi connectivity index (χ0v) is 13.8. The summed E-state index contributed by atoms with van der Waals surface area (Å²) in [5, 5.41) is 0. The van der Waals surface area contributed by atoms with Gasteiger partial charge in [-0.25, -0.2) is 9.97 Å². The van der Waals surface area contributed by atoms with E-state index in [1.807, 2.05) is 0 Å². The highest BCUT2D eigenvalue weighted by molar-refractivity contribution is 5.69. The molecule has 1 saturated carbocycles. The van der Waals surface area contributed by atoms with Crippen LogP contribution in [0.2, 0.25) is 0 Å². The molecule has 1 fully saturated rings. The van der Waals surface area contributed by atoms with Gasteiger partial charge in [-0.3, -0.25) is 0 Å². The van der Waals surface area contributed by atoms with Crippen molar-refractivity contribution in [3.8, 4) is 11.3 Å². The lowest BCUT2D eigenvalue weighted by Gasteiger charge is -2.34. The molecule has 3 nitrogen and oxygen atoms in total. The van der Waals surface area contributed by atoms with Gasteiger partial charge in [-0.1, -0.05) is 50.6 Å². The van der Waals surface area contributed by atoms with Gasteiger partial charge >= 0.3 is 0 Å². The molecule has 22 heavy (non-hydrogen) atoms. The van der Waals surface area contributed by atoms with Crippen molar-refractivity contribution in [3.63, 3.8) is 0 Å². The smallest absolute Gasteiger partial charge is 0.220 e. The second-order valence-corrected chi connectivity index (χ2v) is 7.70. The van der Waals surface area contributed by atoms with E-state index in [1.165, 1.54) is 29.7 Å². The number of benzene rings is 1. The molecule has 0 saturated heterocycles. The third kappa shape index (κ3) is 1.52. The number of aryl methyl sites for hydroxylation is 1. The highest BCUT2D eigenvalue weighted by atomic mass is 15.0. The Bertz CT molecular complexity index is 761. The lowest BCUT2D eigenvalue weighted by molar-refractivity contribution is 0.227. The van der Waals surface area contributed by atoms with Crippen molar-refractivity contribution in [3.05, 3.63) is 41.1 Å². The maximum Gasteiger partial charge on any atom is 0.220 e. The summed E-state index contributed by atoms with van der Waals surface area (Å²) in [5.74, 6) is 0.934. The molecule has 114 valence electrons. The monoisotopic (exact) mass is 293 g/mol. The number of rotatable bonds is 1. The molecule has 2 bridgehead atoms. The number of anilines is 1. The molecule has 1 aromatic heterocycles. The molecule has 0 radical (unpaired) electrons. The van der Waals surface area contributed by atoms with Crippen LogP contribution in [0.1, 0.15) is 56.4 Å². The van der Waals surface area contributed by atoms with Crippen LogP contribution in [0, 0.1) is 12.3 Å². The summed E-state index contributed by atoms with van der Waals surface area (Å²) in [6.07, 6.45) is 2.42. The minimum atomic E-state index is 0.115. The molecule has 2 N–H and O–H groups in total. The zero-order chi connectivity index (χ0) is 15.7. The standard InChI is InChI=1S/C19H23N3/c1-11-5-7-12(8-6-11)15-14-13-9-10-19(4,18(13,2)3)16(14)22-17(20)21-15/h5-8,13H,9-10H2,1-4H3,(H2,20,21,22). The third-order valence-corrected chi connectivity index (χ3v) is 6.39. The second-order valence-electron chi connectivity index (χ2n) is 7.70. The van der Waals surface area contributed by atoms with Gasteiger partial charge in [-0.2, -0.15) is 0 Å². The predicted molar refractivity (Wildman–Crippen MR) is 89.7 cm³/mol. The average Bonchev–Trinajstić information content (AvgIpc) is 2.79. The van der Waals surface area contributed by atoms with Gasteiger partial charge < -0.3 is 5.73 Å². The van der Waals surface area contributed by atoms with Gasteiger partial charge in [0.25, 0.3) is 0 Å². The Balaban J connectivity index is 2.00. The van der Waals surface area contributed by atoms with Crippen LogP contribution in [0.4, 0.5) is 5.95 Å². The maximum atomic E-state index is 6.06. The van der Waals surface area contributed by atoms with Crippen molar-refractivity contribution in [2.75, 3.05) is 5.73 Å². The Hall–Kier alpha value is -1.90. The fraction of sp³-hybridized carbons (Fsp3) is 0.474. The fourth-order valence-corrected chi connectivity index (χ4v) is 4.60. The number of nitrogens with zero attached hydrogens (tertiary/aromatic N) is 2. The van der Waals surface area contributed by atoms with E-state index in [0.717, 1.165) is 11.3 Å². The minimum Gasteiger partial charge on any atom is -0.368 e. The van der Waals surface area contributed by atoms with Crippen LogP contribution in [0.5, 0.6) is 0 Å². The van der Waals surface area contributed by atoms with E-state index < -0.39 is 0 Å². The molecule has 3 heteroatoms. The first-order valence-electron chi connectivity index (χ1n) is 8.09. The molecule has 4 rings (SSSR count). The lowest BCUT2D eigenvalue weighted by atomic mass is 9.70. The lowest BCUT2D eigenvalue weighted by Crippen LogP contribution is -2.32. The number of nitrogen functional groups attached to an aromatic ring is 1. The van der Waals surface area contributed by atoms with Gasteiger partial charge in [-0.15, -0.1) is 0 Å². The predicted octanol–water partition coefficient (Wildman–Crippen LogP) is 4.21. The molecule has 2 aliphatic carbocycles. The summed E-state index contributed by atoms with van der Waals surface area (Å²) in [7, 11) is 0. The van der Waals surface area contributed by atoms with Crippen molar-refractivity contribution < 1.29 is 0 Å². The Kier molecular flexibility index (Phi) is 2.56. The third-order valence-electron chi connectivity index (χ3n) is 6.39. The first kappa shape index (κ1) is 13.7. The van der Waals surface area contributed by atoms with Crippen molar-refractivity contribution in [1.29, 1.82) is 0 Å². The van der Waals surface area contributed by atoms with E-state index >= 15 is 0 Å². The number of hydrogen-bond donors (Lipinski definition) is 1. The van der Waals surface area contributed by atoms with Crippen molar-refractivity contribution in [2.45, 2.75) is 51.9 Å². The molecular formula is C19H23N3. The van der Waals surface area contributed by atoms with E-state index in [9.17, 15) is 0 Å². The molecule has 0 aliphatic heterocycles. The Morgan fingerprint density at radius 2 is 1.77 bits per heavy atom. The number of nitrogens with two attached hydrogens (primary N) is 1. The van der Waals surface area contributed by atoms with E-state index in [4.69, 9.17) is 5.73 Å². The average molecular weight is 293 g/mol. The van der Waals surface area contributed by atoms with Crippen LogP contribution < -0.4 is 5.73 Å². The summed E-state index contributed by atoms with van der Waals surface area (Å²) in [6.45, 7) is 9.21. The quantitative estimate of drug-likeness (QED) is 0.857. The SMILES string of the molecule is Cc1ccc(-c2nc(N)nc3c2C2CCC3(C)C2(C)C)cc1. The topological polar surface area (TPSA) is 51.8 Å². The summed E-state index contributed by atoms with van der Waals surface area (Å²) < 4.78 is 0. The minimum absolute atomic E-state index is 0.115. The molecule has 1 heterocycles. The zero-order valence-electron chi connectivity index (χ0n) is 13.8. The normalized spacial score (nSPS) is 27.9. The van der Waals surface area contributed by atoms with Crippen molar-refractivity contribution in [2.24, 2.45) is 5.41 Å². The molecule has 1 aromatic carbocycles. The largest absolute Gasteiger partial charge is 0.368 e. The van der Waals surface area contributed by atoms with Gasteiger partial charge in [-0.05, 0) is 31.1 Å². The van der Waals surface area contributed by atoms with E-state index in [2.05, 4.69) is 61.9 Å². The Morgan fingerprint density at radius 1 is 1.09 bits per heavy atom. The van der Waals surface area contributed by atoms with Crippen molar-refractivity contribution >= 4 is 5.95 Å². The van der Waals surface area contributed by atoms with E-state index in [1.54, 1.807) is 0 Å². The van der Waals surface area contributed by atoms with Crippen LogP contribution in [0.3, 0.4) is 0 Å². The van der Waals surface area contributed by atoms with Crippen molar-refractivity contribution in [1.82, 2.24) is 9.97 Å². The first-order chi connectivity index (χ1) is 10.3. The van der Waals surface area contributed by atoms with Gasteiger partial charge in [0.1, 0.15) is 0 Å². The number of fused-ring (bicyclic) bond motifs is 5. The first-order valence-corrected chi connectivity index (χ1v) is 8.09. The second kappa shape index (κ2) is 4.09. The van der Waals surface area contributed by atoms with Crippen LogP contribution in [0.25, 0.3) is 11.3 Å². The highest BCUT2D eigenvalue weighted by Gasteiger charge is 2.61. The molecule has 2 unspecified atom stereocenters. The molecule has 2 aliphatic rings. The molecule has 0 amide bonds. The molecular weight excluding hydrogens is 270 g/mol. The highest BCUT2D eigenvalue weighted by Crippen LogP contribution is 2.68. The summed E-state index contributed by atoms with van der Waals surface area (Å²) in [4.78, 5) is 9.30. The summed E-state index contributed by atoms with van der Waals surface area (Å²) >= 11 is 0. The van der Waals surface area contributed by atoms with Gasteiger partial charge in [0.2, 0.25) is 5.95 Å². The van der Waals surface area contributed by atoms with Crippen LogP contribution in [-0.2, 0) is 5.41 Å². The number of aromatic nitrogens is 2. The molecule has 2 aromatic rings. The summed E-state index contributed by atoms with van der Waals surface area (Å²) in [6, 6.07) is 8.58. The fourth-order valence-electron chi connectivity index (χ4n) is 4.60.